The fraction of sp³-hybridized carbons (Fsp3) is 0.321. The molecule has 34 heavy (non-hydrogen) atoms. The zero-order valence-corrected chi connectivity index (χ0v) is 19.6. The van der Waals surface area contributed by atoms with E-state index in [9.17, 15) is 14.9 Å². The summed E-state index contributed by atoms with van der Waals surface area (Å²) in [6.07, 6.45) is 3.31. The maximum absolute atomic E-state index is 14.3. The molecule has 2 aromatic rings. The van der Waals surface area contributed by atoms with Crippen molar-refractivity contribution in [1.82, 2.24) is 0 Å². The molecule has 0 bridgehead atoms. The Hall–Kier alpha value is -3.85. The van der Waals surface area contributed by atoms with Gasteiger partial charge in [0, 0.05) is 41.2 Å². The minimum absolute atomic E-state index is 0.0850. The van der Waals surface area contributed by atoms with Crippen LogP contribution in [0.3, 0.4) is 0 Å². The molecule has 1 amide bonds. The van der Waals surface area contributed by atoms with Crippen molar-refractivity contribution in [2.45, 2.75) is 51.4 Å². The van der Waals surface area contributed by atoms with Crippen molar-refractivity contribution in [3.8, 4) is 6.07 Å². The number of para-hydroxylation sites is 1. The van der Waals surface area contributed by atoms with E-state index in [0.29, 0.717) is 36.9 Å². The summed E-state index contributed by atoms with van der Waals surface area (Å²) in [5.41, 5.74) is 9.96. The molecule has 1 unspecified atom stereocenters. The van der Waals surface area contributed by atoms with Crippen molar-refractivity contribution in [3.05, 3.63) is 82.3 Å². The normalized spacial score (nSPS) is 21.8. The van der Waals surface area contributed by atoms with Crippen molar-refractivity contribution in [1.29, 1.82) is 5.26 Å². The highest BCUT2D eigenvalue weighted by Crippen LogP contribution is 2.56. The van der Waals surface area contributed by atoms with Crippen molar-refractivity contribution < 1.29 is 9.59 Å². The van der Waals surface area contributed by atoms with Gasteiger partial charge in [-0.3, -0.25) is 14.5 Å². The van der Waals surface area contributed by atoms with Gasteiger partial charge in [0.2, 0.25) is 5.91 Å². The van der Waals surface area contributed by atoms with Crippen molar-refractivity contribution in [2.24, 2.45) is 5.73 Å². The average molecular weight is 453 g/mol. The maximum atomic E-state index is 14.3. The molecule has 0 saturated heterocycles. The van der Waals surface area contributed by atoms with Crippen molar-refractivity contribution in [3.63, 3.8) is 0 Å². The van der Waals surface area contributed by atoms with Gasteiger partial charge in [-0.15, -0.1) is 0 Å². The lowest BCUT2D eigenvalue weighted by Gasteiger charge is -2.43. The molecule has 2 aliphatic heterocycles. The number of rotatable bonds is 4. The summed E-state index contributed by atoms with van der Waals surface area (Å²) in [6.45, 7) is 4.61. The fourth-order valence-corrected chi connectivity index (χ4v) is 5.75. The molecule has 0 fully saturated rings. The largest absolute Gasteiger partial charge is 0.384 e. The highest BCUT2D eigenvalue weighted by atomic mass is 16.2. The highest BCUT2D eigenvalue weighted by molar-refractivity contribution is 6.20. The third-order valence-corrected chi connectivity index (χ3v) is 7.23. The van der Waals surface area contributed by atoms with E-state index < -0.39 is 5.41 Å². The second kappa shape index (κ2) is 8.18. The van der Waals surface area contributed by atoms with E-state index in [4.69, 9.17) is 5.73 Å². The summed E-state index contributed by atoms with van der Waals surface area (Å²) >= 11 is 0. The summed E-state index contributed by atoms with van der Waals surface area (Å²) < 4.78 is 0. The maximum Gasteiger partial charge on any atom is 0.247 e. The fourth-order valence-electron chi connectivity index (χ4n) is 5.75. The SMILES string of the molecule is CCCN1C(=O)C2(C(C#N)=C(N)N(c3ccc(CC)cc3)C3=C2C(=O)CCC3)c2ccccc21. The Morgan fingerprint density at radius 1 is 1.06 bits per heavy atom. The number of carbonyl (C=O) groups is 2. The quantitative estimate of drug-likeness (QED) is 0.739. The van der Waals surface area contributed by atoms with Gasteiger partial charge in [0.05, 0.1) is 5.57 Å². The Balaban J connectivity index is 1.84. The zero-order valence-electron chi connectivity index (χ0n) is 19.6. The molecule has 6 nitrogen and oxygen atoms in total. The first-order valence-corrected chi connectivity index (χ1v) is 12.0. The molecule has 0 radical (unpaired) electrons. The second-order valence-corrected chi connectivity index (χ2v) is 9.05. The minimum Gasteiger partial charge on any atom is -0.384 e. The molecule has 0 saturated carbocycles. The third-order valence-electron chi connectivity index (χ3n) is 7.23. The number of carbonyl (C=O) groups excluding carboxylic acids is 2. The number of nitrogens with two attached hydrogens (primary N) is 1. The molecule has 172 valence electrons. The number of allylic oxidation sites excluding steroid dienone is 1. The lowest BCUT2D eigenvalue weighted by atomic mass is 9.63. The molecule has 2 aromatic carbocycles. The summed E-state index contributed by atoms with van der Waals surface area (Å²) in [7, 11) is 0. The molecule has 6 heteroatoms. The lowest BCUT2D eigenvalue weighted by Crippen LogP contribution is -2.52. The van der Waals surface area contributed by atoms with Gasteiger partial charge in [0.25, 0.3) is 0 Å². The van der Waals surface area contributed by atoms with Gasteiger partial charge in [-0.05, 0) is 49.4 Å². The first-order chi connectivity index (χ1) is 16.5. The molecule has 2 heterocycles. The predicted molar refractivity (Wildman–Crippen MR) is 132 cm³/mol. The number of aryl methyl sites for hydroxylation is 1. The van der Waals surface area contributed by atoms with Gasteiger partial charge in [0.15, 0.2) is 5.78 Å². The summed E-state index contributed by atoms with van der Waals surface area (Å²) in [5.74, 6) is -0.112. The molecule has 1 aliphatic carbocycles. The molecule has 2 N–H and O–H groups in total. The smallest absolute Gasteiger partial charge is 0.247 e. The number of nitriles is 1. The topological polar surface area (TPSA) is 90.4 Å². The molecular weight excluding hydrogens is 424 g/mol. The number of amides is 1. The van der Waals surface area contributed by atoms with E-state index in [1.165, 1.54) is 5.56 Å². The molecular formula is C28H28N4O2. The molecule has 1 atom stereocenters. The van der Waals surface area contributed by atoms with Crippen LogP contribution in [-0.2, 0) is 21.4 Å². The van der Waals surface area contributed by atoms with Crippen LogP contribution in [0.4, 0.5) is 11.4 Å². The molecule has 5 rings (SSSR count). The molecule has 3 aliphatic rings. The van der Waals surface area contributed by atoms with Gasteiger partial charge < -0.3 is 10.6 Å². The number of nitrogens with zero attached hydrogens (tertiary/aromatic N) is 3. The van der Waals surface area contributed by atoms with E-state index >= 15 is 0 Å². The van der Waals surface area contributed by atoms with Crippen molar-refractivity contribution in [2.75, 3.05) is 16.3 Å². The number of hydrogen-bond acceptors (Lipinski definition) is 5. The van der Waals surface area contributed by atoms with Crippen LogP contribution in [0.15, 0.2) is 71.2 Å². The Kier molecular flexibility index (Phi) is 5.28. The number of anilines is 2. The van der Waals surface area contributed by atoms with E-state index in [1.54, 1.807) is 4.90 Å². The van der Waals surface area contributed by atoms with E-state index in [2.05, 4.69) is 13.0 Å². The van der Waals surface area contributed by atoms with E-state index in [1.807, 2.05) is 60.4 Å². The average Bonchev–Trinajstić information content (AvgIpc) is 3.09. The van der Waals surface area contributed by atoms with Crippen LogP contribution >= 0.6 is 0 Å². The van der Waals surface area contributed by atoms with Crippen LogP contribution in [-0.4, -0.2) is 18.2 Å². The Labute approximate surface area is 200 Å². The monoisotopic (exact) mass is 452 g/mol. The highest BCUT2D eigenvalue weighted by Gasteiger charge is 2.62. The van der Waals surface area contributed by atoms with Crippen LogP contribution in [0, 0.1) is 11.3 Å². The second-order valence-electron chi connectivity index (χ2n) is 9.05. The van der Waals surface area contributed by atoms with Gasteiger partial charge in [0.1, 0.15) is 17.3 Å². The number of Topliss-reactive ketones (excluding diaryl/α,β-unsaturated/α-hetero) is 1. The Morgan fingerprint density at radius 3 is 2.47 bits per heavy atom. The predicted octanol–water partition coefficient (Wildman–Crippen LogP) is 4.46. The van der Waals surface area contributed by atoms with Gasteiger partial charge in [-0.25, -0.2) is 0 Å². The number of ketones is 1. The Bertz CT molecular complexity index is 1300. The molecule has 0 aromatic heterocycles. The first-order valence-electron chi connectivity index (χ1n) is 12.0. The standard InChI is InChI=1S/C28H28N4O2/c1-3-16-31-22-9-6-5-8-20(22)28(27(31)34)21(17-29)26(30)32(19-14-12-18(4-2)13-15-19)23-10-7-11-24(33)25(23)28/h5-6,8-9,12-15H,3-4,7,10-11,16,30H2,1-2H3. The van der Waals surface area contributed by atoms with Crippen LogP contribution in [0.1, 0.15) is 50.7 Å². The first kappa shape index (κ1) is 22.0. The summed E-state index contributed by atoms with van der Waals surface area (Å²) in [6, 6.07) is 17.8. The van der Waals surface area contributed by atoms with E-state index in [-0.39, 0.29) is 23.1 Å². The van der Waals surface area contributed by atoms with Crippen LogP contribution in [0.2, 0.25) is 0 Å². The zero-order chi connectivity index (χ0) is 24.0. The number of benzene rings is 2. The van der Waals surface area contributed by atoms with Crippen LogP contribution < -0.4 is 15.5 Å². The van der Waals surface area contributed by atoms with Gasteiger partial charge in [-0.2, -0.15) is 5.26 Å². The van der Waals surface area contributed by atoms with Gasteiger partial charge in [-0.1, -0.05) is 44.2 Å². The summed E-state index contributed by atoms with van der Waals surface area (Å²) in [4.78, 5) is 31.4. The van der Waals surface area contributed by atoms with Gasteiger partial charge >= 0.3 is 0 Å². The van der Waals surface area contributed by atoms with E-state index in [0.717, 1.165) is 29.9 Å². The van der Waals surface area contributed by atoms with Crippen molar-refractivity contribution >= 4 is 23.1 Å². The third kappa shape index (κ3) is 2.80. The van der Waals surface area contributed by atoms with Crippen LogP contribution in [0.25, 0.3) is 0 Å². The Morgan fingerprint density at radius 2 is 1.79 bits per heavy atom. The molecule has 1 spiro atoms. The minimum atomic E-state index is -1.49. The number of hydrogen-bond donors (Lipinski definition) is 1. The summed E-state index contributed by atoms with van der Waals surface area (Å²) in [5, 5.41) is 10.5. The number of fused-ring (bicyclic) bond motifs is 3. The van der Waals surface area contributed by atoms with Crippen LogP contribution in [0.5, 0.6) is 0 Å². The lowest BCUT2D eigenvalue weighted by molar-refractivity contribution is -0.124.